The number of hydrogen-bond acceptors (Lipinski definition) is 4. The van der Waals surface area contributed by atoms with E-state index in [0.29, 0.717) is 16.8 Å². The predicted octanol–water partition coefficient (Wildman–Crippen LogP) is 2.64. The van der Waals surface area contributed by atoms with Crippen LogP contribution in [-0.2, 0) is 16.6 Å². The predicted molar refractivity (Wildman–Crippen MR) is 81.9 cm³/mol. The van der Waals surface area contributed by atoms with Gasteiger partial charge in [0.15, 0.2) is 0 Å². The minimum absolute atomic E-state index is 0.0422. The van der Waals surface area contributed by atoms with Gasteiger partial charge < -0.3 is 5.11 Å². The van der Waals surface area contributed by atoms with Crippen molar-refractivity contribution in [2.75, 3.05) is 4.72 Å². The Balaban J connectivity index is 2.47. The number of aromatic nitrogens is 1. The van der Waals surface area contributed by atoms with Gasteiger partial charge in [0.2, 0.25) is 0 Å². The molecule has 1 aromatic heterocycles. The third kappa shape index (κ3) is 3.53. The van der Waals surface area contributed by atoms with Gasteiger partial charge in [-0.25, -0.2) is 8.42 Å². The maximum absolute atomic E-state index is 12.5. The number of halogens is 1. The summed E-state index contributed by atoms with van der Waals surface area (Å²) < 4.78 is 27.4. The Morgan fingerprint density at radius 2 is 1.95 bits per heavy atom. The van der Waals surface area contributed by atoms with Crippen molar-refractivity contribution >= 4 is 27.3 Å². The average Bonchev–Trinajstić information content (AvgIpc) is 2.40. The molecule has 0 saturated carbocycles. The number of sulfonamides is 1. The first-order valence-corrected chi connectivity index (χ1v) is 8.04. The highest BCUT2D eigenvalue weighted by atomic mass is 35.5. The molecule has 0 amide bonds. The number of aryl methyl sites for hydroxylation is 1. The quantitative estimate of drug-likeness (QED) is 0.905. The molecule has 0 aliphatic heterocycles. The van der Waals surface area contributed by atoms with Crippen LogP contribution in [0, 0.1) is 13.8 Å². The zero-order valence-electron chi connectivity index (χ0n) is 11.6. The summed E-state index contributed by atoms with van der Waals surface area (Å²) in [7, 11) is -3.80. The van der Waals surface area contributed by atoms with Gasteiger partial charge in [0.05, 0.1) is 23.4 Å². The zero-order chi connectivity index (χ0) is 15.6. The third-order valence-electron chi connectivity index (χ3n) is 3.02. The molecular weight excluding hydrogens is 312 g/mol. The molecule has 5 nitrogen and oxygen atoms in total. The summed E-state index contributed by atoms with van der Waals surface area (Å²) in [5.74, 6) is 0. The number of rotatable bonds is 4. The fourth-order valence-electron chi connectivity index (χ4n) is 1.97. The number of aliphatic hydroxyl groups is 1. The van der Waals surface area contributed by atoms with Crippen LogP contribution in [0.5, 0.6) is 0 Å². The smallest absolute Gasteiger partial charge is 0.262 e. The molecule has 0 atom stereocenters. The molecule has 0 bridgehead atoms. The molecule has 0 aliphatic rings. The molecule has 0 unspecified atom stereocenters. The van der Waals surface area contributed by atoms with E-state index in [0.717, 1.165) is 5.56 Å². The molecule has 1 heterocycles. The van der Waals surface area contributed by atoms with Gasteiger partial charge in [0, 0.05) is 11.2 Å². The SMILES string of the molecule is Cc1cncc(NS(=O)(=O)c2cc(Cl)cc(CO)c2C)c1. The zero-order valence-corrected chi connectivity index (χ0v) is 13.2. The number of benzene rings is 1. The lowest BCUT2D eigenvalue weighted by molar-refractivity contribution is 0.280. The molecule has 0 radical (unpaired) electrons. The molecular formula is C14H15ClN2O3S. The van der Waals surface area contributed by atoms with Crippen molar-refractivity contribution in [2.45, 2.75) is 25.3 Å². The summed E-state index contributed by atoms with van der Waals surface area (Å²) in [6, 6.07) is 4.59. The summed E-state index contributed by atoms with van der Waals surface area (Å²) >= 11 is 5.92. The highest BCUT2D eigenvalue weighted by Crippen LogP contribution is 2.26. The van der Waals surface area contributed by atoms with Crippen molar-refractivity contribution in [1.82, 2.24) is 4.98 Å². The number of anilines is 1. The highest BCUT2D eigenvalue weighted by Gasteiger charge is 2.20. The molecule has 112 valence electrons. The molecule has 2 N–H and O–H groups in total. The highest BCUT2D eigenvalue weighted by molar-refractivity contribution is 7.92. The normalized spacial score (nSPS) is 11.4. The molecule has 2 rings (SSSR count). The van der Waals surface area contributed by atoms with Gasteiger partial charge >= 0.3 is 0 Å². The van der Waals surface area contributed by atoms with E-state index in [1.54, 1.807) is 25.3 Å². The van der Waals surface area contributed by atoms with Crippen LogP contribution in [0.25, 0.3) is 0 Å². The first-order chi connectivity index (χ1) is 9.83. The van der Waals surface area contributed by atoms with Crippen molar-refractivity contribution in [3.05, 3.63) is 52.3 Å². The van der Waals surface area contributed by atoms with E-state index in [-0.39, 0.29) is 16.5 Å². The standard InChI is InChI=1S/C14H15ClN2O3S/c1-9-3-13(7-16-6-9)17-21(19,20)14-5-12(15)4-11(8-18)10(14)2/h3-7,17-18H,8H2,1-2H3. The van der Waals surface area contributed by atoms with Gasteiger partial charge in [0.25, 0.3) is 10.0 Å². The van der Waals surface area contributed by atoms with Gasteiger partial charge in [-0.1, -0.05) is 11.6 Å². The van der Waals surface area contributed by atoms with Crippen molar-refractivity contribution in [3.63, 3.8) is 0 Å². The second-order valence-corrected chi connectivity index (χ2v) is 6.79. The Labute approximate surface area is 128 Å². The van der Waals surface area contributed by atoms with E-state index in [2.05, 4.69) is 9.71 Å². The molecule has 2 aromatic rings. The van der Waals surface area contributed by atoms with Crippen LogP contribution in [0.15, 0.2) is 35.5 Å². The number of hydrogen-bond donors (Lipinski definition) is 2. The molecule has 1 aromatic carbocycles. The summed E-state index contributed by atoms with van der Waals surface area (Å²) in [6.07, 6.45) is 3.06. The molecule has 21 heavy (non-hydrogen) atoms. The van der Waals surface area contributed by atoms with Crippen LogP contribution in [-0.4, -0.2) is 18.5 Å². The molecule has 7 heteroatoms. The van der Waals surface area contributed by atoms with Crippen LogP contribution in [0.2, 0.25) is 5.02 Å². The second kappa shape index (κ2) is 6.01. The minimum Gasteiger partial charge on any atom is -0.392 e. The minimum atomic E-state index is -3.80. The third-order valence-corrected chi connectivity index (χ3v) is 4.75. The number of nitrogens with one attached hydrogen (secondary N) is 1. The number of nitrogens with zero attached hydrogens (tertiary/aromatic N) is 1. The van der Waals surface area contributed by atoms with Crippen LogP contribution >= 0.6 is 11.6 Å². The number of pyridine rings is 1. The molecule has 0 fully saturated rings. The van der Waals surface area contributed by atoms with Gasteiger partial charge in [0.1, 0.15) is 0 Å². The van der Waals surface area contributed by atoms with E-state index in [4.69, 9.17) is 11.6 Å². The molecule has 0 spiro atoms. The summed E-state index contributed by atoms with van der Waals surface area (Å²) in [5, 5.41) is 9.53. The monoisotopic (exact) mass is 326 g/mol. The second-order valence-electron chi connectivity index (χ2n) is 4.70. The Morgan fingerprint density at radius 1 is 1.24 bits per heavy atom. The van der Waals surface area contributed by atoms with Gasteiger partial charge in [-0.15, -0.1) is 0 Å². The van der Waals surface area contributed by atoms with Crippen molar-refractivity contribution in [3.8, 4) is 0 Å². The Morgan fingerprint density at radius 3 is 2.57 bits per heavy atom. The Hall–Kier alpha value is -1.63. The lowest BCUT2D eigenvalue weighted by Gasteiger charge is -2.13. The molecule has 0 saturated heterocycles. The lowest BCUT2D eigenvalue weighted by atomic mass is 10.1. The van der Waals surface area contributed by atoms with Gasteiger partial charge in [-0.2, -0.15) is 0 Å². The topological polar surface area (TPSA) is 79.3 Å². The van der Waals surface area contributed by atoms with E-state index in [1.165, 1.54) is 12.3 Å². The van der Waals surface area contributed by atoms with Crippen LogP contribution in [0.4, 0.5) is 5.69 Å². The van der Waals surface area contributed by atoms with E-state index in [1.807, 2.05) is 6.92 Å². The summed E-state index contributed by atoms with van der Waals surface area (Å²) in [4.78, 5) is 3.98. The van der Waals surface area contributed by atoms with Crippen LogP contribution in [0.1, 0.15) is 16.7 Å². The summed E-state index contributed by atoms with van der Waals surface area (Å²) in [5.41, 5.74) is 2.16. The Bertz CT molecular complexity index is 776. The van der Waals surface area contributed by atoms with Crippen LogP contribution in [0.3, 0.4) is 0 Å². The first-order valence-electron chi connectivity index (χ1n) is 6.18. The average molecular weight is 327 g/mol. The van der Waals surface area contributed by atoms with Crippen LogP contribution < -0.4 is 4.72 Å². The van der Waals surface area contributed by atoms with E-state index >= 15 is 0 Å². The molecule has 0 aliphatic carbocycles. The largest absolute Gasteiger partial charge is 0.392 e. The lowest BCUT2D eigenvalue weighted by Crippen LogP contribution is -2.15. The van der Waals surface area contributed by atoms with Crippen molar-refractivity contribution in [2.24, 2.45) is 0 Å². The fourth-order valence-corrected chi connectivity index (χ4v) is 3.63. The van der Waals surface area contributed by atoms with E-state index < -0.39 is 10.0 Å². The Kier molecular flexibility index (Phi) is 4.51. The van der Waals surface area contributed by atoms with Crippen molar-refractivity contribution < 1.29 is 13.5 Å². The van der Waals surface area contributed by atoms with Crippen molar-refractivity contribution in [1.29, 1.82) is 0 Å². The first kappa shape index (κ1) is 15.8. The fraction of sp³-hybridized carbons (Fsp3) is 0.214. The summed E-state index contributed by atoms with van der Waals surface area (Å²) in [6.45, 7) is 3.17. The maximum Gasteiger partial charge on any atom is 0.262 e. The van der Waals surface area contributed by atoms with Gasteiger partial charge in [-0.05, 0) is 48.7 Å². The van der Waals surface area contributed by atoms with E-state index in [9.17, 15) is 13.5 Å². The maximum atomic E-state index is 12.5. The number of aliphatic hydroxyl groups excluding tert-OH is 1. The van der Waals surface area contributed by atoms with Gasteiger partial charge in [-0.3, -0.25) is 9.71 Å².